The lowest BCUT2D eigenvalue weighted by Crippen LogP contribution is -2.55. The molecule has 2 rings (SSSR count). The van der Waals surface area contributed by atoms with Gasteiger partial charge < -0.3 is 5.32 Å². The number of amides is 3. The van der Waals surface area contributed by atoms with Crippen molar-refractivity contribution in [1.82, 2.24) is 10.6 Å². The average Bonchev–Trinajstić information content (AvgIpc) is 2.29. The Labute approximate surface area is 73.8 Å². The molecule has 0 aliphatic carbocycles. The number of carbonyl (C=O) groups is 2. The lowest BCUT2D eigenvalue weighted by Gasteiger charge is -2.24. The highest BCUT2D eigenvalue weighted by Gasteiger charge is 2.38. The normalized spacial score (nSPS) is 33.6. The molecule has 0 aromatic carbocycles. The smallest absolute Gasteiger partial charge is 0.322 e. The Kier molecular flexibility index (Phi) is 1.61. The van der Waals surface area contributed by atoms with Gasteiger partial charge in [0.2, 0.25) is 5.91 Å². The van der Waals surface area contributed by atoms with E-state index in [4.69, 9.17) is 0 Å². The molecule has 0 radical (unpaired) electrons. The standard InChI is InChI=1S/C7H8N2O2S/c1-3-2-4-5(10)8-7(11)9-6(4)12-3/h2,4,6H,1H3,(H2,8,9,10,11). The average molecular weight is 184 g/mol. The first kappa shape index (κ1) is 7.67. The number of allylic oxidation sites excluding steroid dienone is 1. The molecule has 0 saturated carbocycles. The van der Waals surface area contributed by atoms with Gasteiger partial charge >= 0.3 is 6.03 Å². The molecule has 3 amide bonds. The third kappa shape index (κ3) is 1.10. The highest BCUT2D eigenvalue weighted by atomic mass is 32.2. The fraction of sp³-hybridized carbons (Fsp3) is 0.429. The predicted octanol–water partition coefficient (Wildman–Crippen LogP) is 0.419. The molecule has 0 aromatic rings. The van der Waals surface area contributed by atoms with Crippen LogP contribution in [0.5, 0.6) is 0 Å². The number of nitrogens with one attached hydrogen (secondary N) is 2. The zero-order valence-corrected chi connectivity index (χ0v) is 7.27. The van der Waals surface area contributed by atoms with E-state index in [2.05, 4.69) is 10.6 Å². The van der Waals surface area contributed by atoms with E-state index in [9.17, 15) is 9.59 Å². The van der Waals surface area contributed by atoms with Gasteiger partial charge in [-0.15, -0.1) is 11.8 Å². The number of fused-ring (bicyclic) bond motifs is 1. The summed E-state index contributed by atoms with van der Waals surface area (Å²) in [6.45, 7) is 1.93. The van der Waals surface area contributed by atoms with E-state index in [-0.39, 0.29) is 17.2 Å². The summed E-state index contributed by atoms with van der Waals surface area (Å²) in [5.74, 6) is -0.388. The number of hydrogen-bond donors (Lipinski definition) is 2. The molecule has 2 aliphatic heterocycles. The number of carbonyl (C=O) groups excluding carboxylic acids is 2. The summed E-state index contributed by atoms with van der Waals surface area (Å²) in [6, 6.07) is -0.392. The van der Waals surface area contributed by atoms with Crippen molar-refractivity contribution in [3.05, 3.63) is 11.0 Å². The molecule has 1 saturated heterocycles. The Balaban J connectivity index is 2.22. The number of hydrogen-bond acceptors (Lipinski definition) is 3. The second kappa shape index (κ2) is 2.52. The minimum Gasteiger partial charge on any atom is -0.325 e. The largest absolute Gasteiger partial charge is 0.325 e. The minimum atomic E-state index is -0.392. The van der Waals surface area contributed by atoms with Crippen molar-refractivity contribution in [3.8, 4) is 0 Å². The Morgan fingerprint density at radius 3 is 3.00 bits per heavy atom. The second-order valence-corrected chi connectivity index (χ2v) is 4.19. The van der Waals surface area contributed by atoms with Crippen molar-refractivity contribution < 1.29 is 9.59 Å². The summed E-state index contributed by atoms with van der Waals surface area (Å²) in [7, 11) is 0. The monoisotopic (exact) mass is 184 g/mol. The van der Waals surface area contributed by atoms with Gasteiger partial charge in [0.15, 0.2) is 0 Å². The van der Waals surface area contributed by atoms with Crippen LogP contribution in [0, 0.1) is 5.92 Å². The summed E-state index contributed by atoms with van der Waals surface area (Å²) >= 11 is 1.53. The predicted molar refractivity (Wildman–Crippen MR) is 45.3 cm³/mol. The highest BCUT2D eigenvalue weighted by molar-refractivity contribution is 8.03. The van der Waals surface area contributed by atoms with Crippen LogP contribution in [0.25, 0.3) is 0 Å². The maximum atomic E-state index is 11.2. The Morgan fingerprint density at radius 2 is 2.25 bits per heavy atom. The number of thioether (sulfide) groups is 1. The van der Waals surface area contributed by atoms with Crippen molar-refractivity contribution in [1.29, 1.82) is 0 Å². The third-order valence-corrected chi connectivity index (χ3v) is 3.04. The van der Waals surface area contributed by atoms with Gasteiger partial charge in [-0.3, -0.25) is 10.1 Å². The van der Waals surface area contributed by atoms with E-state index in [1.165, 1.54) is 11.8 Å². The van der Waals surface area contributed by atoms with Crippen molar-refractivity contribution in [3.63, 3.8) is 0 Å². The summed E-state index contributed by atoms with van der Waals surface area (Å²) in [5, 5.41) is 4.81. The number of urea groups is 1. The molecule has 2 heterocycles. The van der Waals surface area contributed by atoms with E-state index in [0.29, 0.717) is 0 Å². The summed E-state index contributed by atoms with van der Waals surface area (Å²) in [5.41, 5.74) is 0. The molecule has 2 atom stereocenters. The van der Waals surface area contributed by atoms with Crippen LogP contribution in [0.4, 0.5) is 4.79 Å². The van der Waals surface area contributed by atoms with E-state index < -0.39 is 6.03 Å². The van der Waals surface area contributed by atoms with Crippen molar-refractivity contribution in [2.24, 2.45) is 5.92 Å². The van der Waals surface area contributed by atoms with Gasteiger partial charge in [-0.1, -0.05) is 6.08 Å². The summed E-state index contributed by atoms with van der Waals surface area (Å²) in [4.78, 5) is 23.1. The Bertz CT molecular complexity index is 287. The topological polar surface area (TPSA) is 58.2 Å². The summed E-state index contributed by atoms with van der Waals surface area (Å²) in [6.07, 6.45) is 1.88. The fourth-order valence-corrected chi connectivity index (χ4v) is 2.49. The van der Waals surface area contributed by atoms with Gasteiger partial charge in [-0.2, -0.15) is 0 Å². The van der Waals surface area contributed by atoms with Crippen LogP contribution in [0.2, 0.25) is 0 Å². The van der Waals surface area contributed by atoms with E-state index in [0.717, 1.165) is 4.91 Å². The molecule has 0 spiro atoms. The number of rotatable bonds is 0. The molecule has 0 aromatic heterocycles. The van der Waals surface area contributed by atoms with E-state index >= 15 is 0 Å². The van der Waals surface area contributed by atoms with Crippen LogP contribution >= 0.6 is 11.8 Å². The van der Waals surface area contributed by atoms with Gasteiger partial charge in [0.1, 0.15) is 0 Å². The molecule has 12 heavy (non-hydrogen) atoms. The van der Waals surface area contributed by atoms with Crippen LogP contribution < -0.4 is 10.6 Å². The first-order valence-electron chi connectivity index (χ1n) is 3.63. The lowest BCUT2D eigenvalue weighted by molar-refractivity contribution is -0.123. The van der Waals surface area contributed by atoms with Gasteiger partial charge in [0, 0.05) is 0 Å². The van der Waals surface area contributed by atoms with Crippen LogP contribution in [0.3, 0.4) is 0 Å². The van der Waals surface area contributed by atoms with Gasteiger partial charge in [0.05, 0.1) is 11.3 Å². The van der Waals surface area contributed by atoms with Gasteiger partial charge in [-0.05, 0) is 11.8 Å². The SMILES string of the molecule is CC1=CC2C(=O)NC(=O)NC2S1. The fourth-order valence-electron chi connectivity index (χ4n) is 1.35. The molecule has 2 unspecified atom stereocenters. The second-order valence-electron chi connectivity index (χ2n) is 2.80. The van der Waals surface area contributed by atoms with Crippen LogP contribution in [-0.4, -0.2) is 17.3 Å². The summed E-state index contributed by atoms with van der Waals surface area (Å²) < 4.78 is 0. The zero-order valence-electron chi connectivity index (χ0n) is 6.46. The lowest BCUT2D eigenvalue weighted by atomic mass is 10.1. The van der Waals surface area contributed by atoms with Gasteiger partial charge in [0.25, 0.3) is 0 Å². The highest BCUT2D eigenvalue weighted by Crippen LogP contribution is 2.35. The third-order valence-electron chi connectivity index (χ3n) is 1.87. The Morgan fingerprint density at radius 1 is 1.50 bits per heavy atom. The molecule has 0 bridgehead atoms. The molecule has 1 fully saturated rings. The van der Waals surface area contributed by atoms with E-state index in [1.807, 2.05) is 13.0 Å². The maximum Gasteiger partial charge on any atom is 0.322 e. The molecular formula is C7H8N2O2S. The quantitative estimate of drug-likeness (QED) is 0.573. The van der Waals surface area contributed by atoms with Crippen LogP contribution in [-0.2, 0) is 4.79 Å². The molecule has 2 N–H and O–H groups in total. The maximum absolute atomic E-state index is 11.2. The van der Waals surface area contributed by atoms with Crippen molar-refractivity contribution >= 4 is 23.7 Å². The molecule has 4 nitrogen and oxygen atoms in total. The molecule has 5 heteroatoms. The van der Waals surface area contributed by atoms with Crippen molar-refractivity contribution in [2.45, 2.75) is 12.3 Å². The zero-order chi connectivity index (χ0) is 8.72. The van der Waals surface area contributed by atoms with E-state index in [1.54, 1.807) is 0 Å². The molecular weight excluding hydrogens is 176 g/mol. The van der Waals surface area contributed by atoms with Crippen molar-refractivity contribution in [2.75, 3.05) is 0 Å². The molecule has 2 aliphatic rings. The minimum absolute atomic E-state index is 0.0914. The molecule has 64 valence electrons. The van der Waals surface area contributed by atoms with Crippen LogP contribution in [0.1, 0.15) is 6.92 Å². The first-order valence-corrected chi connectivity index (χ1v) is 4.51. The number of imide groups is 1. The first-order chi connectivity index (χ1) is 5.66. The van der Waals surface area contributed by atoms with Crippen LogP contribution in [0.15, 0.2) is 11.0 Å². The Hall–Kier alpha value is -0.970. The van der Waals surface area contributed by atoms with Gasteiger partial charge in [-0.25, -0.2) is 4.79 Å².